The molecule has 160 valence electrons. The summed E-state index contributed by atoms with van der Waals surface area (Å²) in [5, 5.41) is 2.97. The van der Waals surface area contributed by atoms with E-state index in [2.05, 4.69) is 32.7 Å². The lowest BCUT2D eigenvalue weighted by Crippen LogP contribution is -2.57. The molecule has 0 spiro atoms. The van der Waals surface area contributed by atoms with Crippen molar-refractivity contribution in [3.63, 3.8) is 0 Å². The van der Waals surface area contributed by atoms with E-state index in [1.807, 2.05) is 6.92 Å². The Morgan fingerprint density at radius 3 is 2.00 bits per heavy atom. The Bertz CT molecular complexity index is 552. The molecule has 0 aliphatic heterocycles. The predicted octanol–water partition coefficient (Wildman–Crippen LogP) is 3.54. The number of hydrogen-bond acceptors (Lipinski definition) is 3. The number of carbonyl (C=O) groups is 1. The second kappa shape index (κ2) is 12.5. The van der Waals surface area contributed by atoms with Gasteiger partial charge in [-0.05, 0) is 33.6 Å². The van der Waals surface area contributed by atoms with E-state index in [0.717, 1.165) is 56.2 Å². The zero-order valence-corrected chi connectivity index (χ0v) is 18.8. The Morgan fingerprint density at radius 1 is 1.07 bits per heavy atom. The fraction of sp³-hybridized carbons (Fsp3) is 0.850. The van der Waals surface area contributed by atoms with Crippen molar-refractivity contribution in [1.82, 2.24) is 5.32 Å². The van der Waals surface area contributed by atoms with E-state index < -0.39 is 10.1 Å². The van der Waals surface area contributed by atoms with Crippen LogP contribution in [-0.2, 0) is 14.9 Å². The molecule has 6 nitrogen and oxygen atoms in total. The summed E-state index contributed by atoms with van der Waals surface area (Å²) in [6.45, 7) is 16.6. The summed E-state index contributed by atoms with van der Waals surface area (Å²) in [6, 6.07) is 0.165. The molecule has 0 aromatic rings. The second-order valence-corrected chi connectivity index (χ2v) is 9.54. The minimum absolute atomic E-state index is 0.0312. The van der Waals surface area contributed by atoms with Crippen LogP contribution in [0.3, 0.4) is 0 Å². The number of hydrogen-bond donors (Lipinski definition) is 2. The molecule has 0 aliphatic carbocycles. The van der Waals surface area contributed by atoms with Crippen LogP contribution in [0.4, 0.5) is 0 Å². The van der Waals surface area contributed by atoms with Gasteiger partial charge in [0.1, 0.15) is 0 Å². The maximum absolute atomic E-state index is 11.9. The maximum atomic E-state index is 11.9. The fourth-order valence-electron chi connectivity index (χ4n) is 3.41. The first-order chi connectivity index (χ1) is 12.5. The predicted molar refractivity (Wildman–Crippen MR) is 112 cm³/mol. The van der Waals surface area contributed by atoms with Crippen LogP contribution in [0.5, 0.6) is 0 Å². The lowest BCUT2D eigenvalue weighted by atomic mass is 10.0. The third kappa shape index (κ3) is 10.9. The van der Waals surface area contributed by atoms with Crippen LogP contribution in [0.15, 0.2) is 12.2 Å². The van der Waals surface area contributed by atoms with Gasteiger partial charge in [0.05, 0.1) is 31.4 Å². The third-order valence-corrected chi connectivity index (χ3v) is 6.17. The average Bonchev–Trinajstić information content (AvgIpc) is 2.58. The van der Waals surface area contributed by atoms with Crippen LogP contribution in [0.25, 0.3) is 0 Å². The SMILES string of the molecule is C=C(C)C(=O)NC(C)CC[N+](CCCC)(CCCC)C(C)CCS(=O)(=O)O. The summed E-state index contributed by atoms with van der Waals surface area (Å²) < 4.78 is 32.5. The van der Waals surface area contributed by atoms with E-state index in [0.29, 0.717) is 12.0 Å². The second-order valence-electron chi connectivity index (χ2n) is 7.96. The van der Waals surface area contributed by atoms with E-state index in [1.165, 1.54) is 0 Å². The highest BCUT2D eigenvalue weighted by molar-refractivity contribution is 7.85. The molecule has 1 amide bonds. The highest BCUT2D eigenvalue weighted by Crippen LogP contribution is 2.22. The quantitative estimate of drug-likeness (QED) is 0.248. The van der Waals surface area contributed by atoms with Gasteiger partial charge in [0, 0.05) is 24.5 Å². The zero-order valence-electron chi connectivity index (χ0n) is 18.0. The van der Waals surface area contributed by atoms with Crippen molar-refractivity contribution in [2.45, 2.75) is 85.2 Å². The first-order valence-electron chi connectivity index (χ1n) is 10.2. The van der Waals surface area contributed by atoms with Gasteiger partial charge in [-0.1, -0.05) is 33.3 Å². The molecule has 0 rings (SSSR count). The highest BCUT2D eigenvalue weighted by Gasteiger charge is 2.34. The van der Waals surface area contributed by atoms with Crippen molar-refractivity contribution in [2.24, 2.45) is 0 Å². The number of quaternary nitrogens is 1. The van der Waals surface area contributed by atoms with Crippen molar-refractivity contribution < 1.29 is 22.2 Å². The summed E-state index contributed by atoms with van der Waals surface area (Å²) in [7, 11) is -3.95. The number of amides is 1. The van der Waals surface area contributed by atoms with Crippen molar-refractivity contribution in [2.75, 3.05) is 25.4 Å². The van der Waals surface area contributed by atoms with Gasteiger partial charge in [-0.15, -0.1) is 0 Å². The lowest BCUT2D eigenvalue weighted by molar-refractivity contribution is -0.950. The van der Waals surface area contributed by atoms with Crippen molar-refractivity contribution >= 4 is 16.0 Å². The molecule has 0 aromatic heterocycles. The first-order valence-corrected chi connectivity index (χ1v) is 11.9. The molecular weight excluding hydrogens is 364 g/mol. The number of unbranched alkanes of at least 4 members (excludes halogenated alkanes) is 2. The van der Waals surface area contributed by atoms with Crippen molar-refractivity contribution in [3.05, 3.63) is 12.2 Å². The van der Waals surface area contributed by atoms with E-state index in [9.17, 15) is 13.2 Å². The lowest BCUT2D eigenvalue weighted by Gasteiger charge is -2.45. The minimum Gasteiger partial charge on any atom is -0.350 e. The molecule has 2 N–H and O–H groups in total. The summed E-state index contributed by atoms with van der Waals surface area (Å²) in [5.41, 5.74) is 0.501. The van der Waals surface area contributed by atoms with Gasteiger partial charge >= 0.3 is 0 Å². The standard InChI is InChI=1S/C20H40N2O4S/c1-7-9-13-22(14-10-8-2,19(6)12-16-27(24,25)26)15-11-18(5)21-20(23)17(3)4/h18-19H,3,7-16H2,1-2,4-6H3,(H-,21,23,24,25,26)/p+1. The average molecular weight is 406 g/mol. The Hall–Kier alpha value is -0.920. The first kappa shape index (κ1) is 26.1. The van der Waals surface area contributed by atoms with E-state index in [1.54, 1.807) is 6.92 Å². The molecule has 0 radical (unpaired) electrons. The van der Waals surface area contributed by atoms with Crippen LogP contribution >= 0.6 is 0 Å². The number of nitrogens with zero attached hydrogens (tertiary/aromatic N) is 1. The molecule has 27 heavy (non-hydrogen) atoms. The molecule has 0 bridgehead atoms. The van der Waals surface area contributed by atoms with Crippen LogP contribution in [0.2, 0.25) is 0 Å². The maximum Gasteiger partial charge on any atom is 0.265 e. The van der Waals surface area contributed by atoms with Crippen molar-refractivity contribution in [1.29, 1.82) is 0 Å². The van der Waals surface area contributed by atoms with Gasteiger partial charge in [0.25, 0.3) is 10.1 Å². The molecule has 0 aliphatic rings. The zero-order chi connectivity index (χ0) is 21.1. The monoisotopic (exact) mass is 405 g/mol. The molecule has 0 aromatic carbocycles. The number of rotatable bonds is 15. The fourth-order valence-corrected chi connectivity index (χ4v) is 4.04. The van der Waals surface area contributed by atoms with Gasteiger partial charge in [0.15, 0.2) is 0 Å². The minimum atomic E-state index is -3.95. The highest BCUT2D eigenvalue weighted by atomic mass is 32.2. The normalized spacial score (nSPS) is 14.6. The largest absolute Gasteiger partial charge is 0.350 e. The molecule has 0 fully saturated rings. The molecule has 2 atom stereocenters. The number of carbonyl (C=O) groups excluding carboxylic acids is 1. The molecule has 0 heterocycles. The Labute approximate surface area is 166 Å². The van der Waals surface area contributed by atoms with Crippen LogP contribution < -0.4 is 5.32 Å². The van der Waals surface area contributed by atoms with Gasteiger partial charge in [-0.25, -0.2) is 0 Å². The summed E-state index contributed by atoms with van der Waals surface area (Å²) >= 11 is 0. The molecule has 7 heteroatoms. The van der Waals surface area contributed by atoms with Gasteiger partial charge < -0.3 is 9.80 Å². The van der Waals surface area contributed by atoms with Crippen molar-refractivity contribution in [3.8, 4) is 0 Å². The van der Waals surface area contributed by atoms with Crippen LogP contribution in [0, 0.1) is 0 Å². The summed E-state index contributed by atoms with van der Waals surface area (Å²) in [6.07, 6.45) is 5.58. The van der Waals surface area contributed by atoms with E-state index in [4.69, 9.17) is 4.55 Å². The van der Waals surface area contributed by atoms with Crippen LogP contribution in [-0.4, -0.2) is 60.8 Å². The Kier molecular flexibility index (Phi) is 12.1. The summed E-state index contributed by atoms with van der Waals surface area (Å²) in [5.74, 6) is -0.323. The van der Waals surface area contributed by atoms with E-state index in [-0.39, 0.29) is 23.7 Å². The van der Waals surface area contributed by atoms with Crippen LogP contribution in [0.1, 0.15) is 73.1 Å². The number of nitrogens with one attached hydrogen (secondary N) is 1. The Balaban J connectivity index is 5.25. The molecule has 0 saturated carbocycles. The van der Waals surface area contributed by atoms with Gasteiger partial charge in [-0.2, -0.15) is 8.42 Å². The topological polar surface area (TPSA) is 83.5 Å². The third-order valence-electron chi connectivity index (χ3n) is 5.42. The smallest absolute Gasteiger partial charge is 0.265 e. The van der Waals surface area contributed by atoms with Gasteiger partial charge in [0.2, 0.25) is 5.91 Å². The molecule has 2 unspecified atom stereocenters. The molecule has 0 saturated heterocycles. The Morgan fingerprint density at radius 2 is 1.59 bits per heavy atom. The summed E-state index contributed by atoms with van der Waals surface area (Å²) in [4.78, 5) is 11.9. The van der Waals surface area contributed by atoms with E-state index >= 15 is 0 Å². The molecular formula is C20H41N2O4S+. The van der Waals surface area contributed by atoms with Gasteiger partial charge in [-0.3, -0.25) is 9.35 Å².